The first kappa shape index (κ1) is 21.2. The molecule has 0 atom stereocenters. The summed E-state index contributed by atoms with van der Waals surface area (Å²) < 4.78 is 13.1. The topological polar surface area (TPSA) is 52.7 Å². The van der Waals surface area contributed by atoms with Crippen molar-refractivity contribution in [1.82, 2.24) is 4.90 Å². The SMILES string of the molecule is O=C(Nc1ccccc1N1CCc2ccccc21)C1CCN(C(=O)c2ccc(F)cc2)CC1. The molecule has 5 nitrogen and oxygen atoms in total. The van der Waals surface area contributed by atoms with Crippen LogP contribution >= 0.6 is 0 Å². The average molecular weight is 444 g/mol. The maximum atomic E-state index is 13.1. The predicted octanol–water partition coefficient (Wildman–Crippen LogP) is 5.01. The Morgan fingerprint density at radius 1 is 0.818 bits per heavy atom. The summed E-state index contributed by atoms with van der Waals surface area (Å²) in [5.41, 5.74) is 4.78. The van der Waals surface area contributed by atoms with Gasteiger partial charge in [-0.25, -0.2) is 4.39 Å². The summed E-state index contributed by atoms with van der Waals surface area (Å²) in [4.78, 5) is 29.8. The molecular weight excluding hydrogens is 417 g/mol. The largest absolute Gasteiger partial charge is 0.339 e. The lowest BCUT2D eigenvalue weighted by Crippen LogP contribution is -2.41. The number of benzene rings is 3. The van der Waals surface area contributed by atoms with E-state index in [0.29, 0.717) is 31.5 Å². The van der Waals surface area contributed by atoms with Gasteiger partial charge in [0.1, 0.15) is 5.82 Å². The molecule has 33 heavy (non-hydrogen) atoms. The van der Waals surface area contributed by atoms with Crippen molar-refractivity contribution in [3.63, 3.8) is 0 Å². The molecular formula is C27H26FN3O2. The number of likely N-dealkylation sites (tertiary alicyclic amines) is 1. The van der Waals surface area contributed by atoms with Gasteiger partial charge < -0.3 is 15.1 Å². The van der Waals surface area contributed by atoms with Crippen molar-refractivity contribution in [2.75, 3.05) is 29.9 Å². The van der Waals surface area contributed by atoms with Crippen LogP contribution < -0.4 is 10.2 Å². The van der Waals surface area contributed by atoms with Gasteiger partial charge in [-0.1, -0.05) is 30.3 Å². The van der Waals surface area contributed by atoms with Crippen LogP contribution in [0.4, 0.5) is 21.5 Å². The minimum absolute atomic E-state index is 0.0104. The third-order valence-corrected chi connectivity index (χ3v) is 6.58. The summed E-state index contributed by atoms with van der Waals surface area (Å²) in [5.74, 6) is -0.642. The summed E-state index contributed by atoms with van der Waals surface area (Å²) >= 11 is 0. The molecule has 1 fully saturated rings. The number of hydrogen-bond acceptors (Lipinski definition) is 3. The third kappa shape index (κ3) is 4.33. The van der Waals surface area contributed by atoms with E-state index in [4.69, 9.17) is 0 Å². The van der Waals surface area contributed by atoms with Gasteiger partial charge in [0.25, 0.3) is 5.91 Å². The lowest BCUT2D eigenvalue weighted by Gasteiger charge is -2.32. The van der Waals surface area contributed by atoms with Gasteiger partial charge in [-0.2, -0.15) is 0 Å². The first-order valence-corrected chi connectivity index (χ1v) is 11.4. The smallest absolute Gasteiger partial charge is 0.253 e. The Balaban J connectivity index is 1.24. The van der Waals surface area contributed by atoms with Gasteiger partial charge in [0.2, 0.25) is 5.91 Å². The molecule has 2 heterocycles. The lowest BCUT2D eigenvalue weighted by molar-refractivity contribution is -0.121. The van der Waals surface area contributed by atoms with E-state index in [1.165, 1.54) is 35.5 Å². The van der Waals surface area contributed by atoms with Crippen molar-refractivity contribution < 1.29 is 14.0 Å². The van der Waals surface area contributed by atoms with Crippen molar-refractivity contribution in [2.45, 2.75) is 19.3 Å². The molecule has 5 rings (SSSR count). The predicted molar refractivity (Wildman–Crippen MR) is 127 cm³/mol. The second-order valence-corrected chi connectivity index (χ2v) is 8.61. The van der Waals surface area contributed by atoms with Gasteiger partial charge in [-0.3, -0.25) is 9.59 Å². The van der Waals surface area contributed by atoms with E-state index in [0.717, 1.165) is 24.3 Å². The molecule has 0 radical (unpaired) electrons. The highest BCUT2D eigenvalue weighted by Crippen LogP contribution is 2.38. The highest BCUT2D eigenvalue weighted by atomic mass is 19.1. The van der Waals surface area contributed by atoms with Crippen LogP contribution in [0.3, 0.4) is 0 Å². The second kappa shape index (κ2) is 9.06. The van der Waals surface area contributed by atoms with E-state index in [1.54, 1.807) is 4.90 Å². The van der Waals surface area contributed by atoms with Crippen LogP contribution in [0.15, 0.2) is 72.8 Å². The highest BCUT2D eigenvalue weighted by molar-refractivity contribution is 5.97. The molecule has 0 aliphatic carbocycles. The molecule has 0 spiro atoms. The first-order valence-electron chi connectivity index (χ1n) is 11.4. The second-order valence-electron chi connectivity index (χ2n) is 8.61. The van der Waals surface area contributed by atoms with E-state index < -0.39 is 0 Å². The van der Waals surface area contributed by atoms with Crippen molar-refractivity contribution in [2.24, 2.45) is 5.92 Å². The number of para-hydroxylation sites is 3. The van der Waals surface area contributed by atoms with Crippen molar-refractivity contribution >= 4 is 28.9 Å². The minimum Gasteiger partial charge on any atom is -0.339 e. The fourth-order valence-electron chi connectivity index (χ4n) is 4.76. The van der Waals surface area contributed by atoms with Crippen molar-refractivity contribution in [3.05, 3.63) is 89.7 Å². The number of halogens is 1. The lowest BCUT2D eigenvalue weighted by atomic mass is 9.95. The van der Waals surface area contributed by atoms with E-state index in [2.05, 4.69) is 28.4 Å². The third-order valence-electron chi connectivity index (χ3n) is 6.58. The molecule has 0 aromatic heterocycles. The Morgan fingerprint density at radius 3 is 2.24 bits per heavy atom. The number of nitrogens with one attached hydrogen (secondary N) is 1. The summed E-state index contributed by atoms with van der Waals surface area (Å²) in [6, 6.07) is 21.9. The summed E-state index contributed by atoms with van der Waals surface area (Å²) in [6.07, 6.45) is 2.19. The molecule has 0 bridgehead atoms. The number of carbonyl (C=O) groups excluding carboxylic acids is 2. The van der Waals surface area contributed by atoms with Gasteiger partial charge >= 0.3 is 0 Å². The van der Waals surface area contributed by atoms with Crippen molar-refractivity contribution in [1.29, 1.82) is 0 Å². The van der Waals surface area contributed by atoms with E-state index in [9.17, 15) is 14.0 Å². The number of amides is 2. The summed E-state index contributed by atoms with van der Waals surface area (Å²) in [7, 11) is 0. The number of nitrogens with zero attached hydrogens (tertiary/aromatic N) is 2. The quantitative estimate of drug-likeness (QED) is 0.617. The Hall–Kier alpha value is -3.67. The van der Waals surface area contributed by atoms with Gasteiger partial charge in [0, 0.05) is 36.8 Å². The van der Waals surface area contributed by atoms with E-state index in [1.807, 2.05) is 30.3 Å². The number of piperidine rings is 1. The molecule has 3 aromatic carbocycles. The zero-order chi connectivity index (χ0) is 22.8. The maximum Gasteiger partial charge on any atom is 0.253 e. The van der Waals surface area contributed by atoms with Gasteiger partial charge in [-0.15, -0.1) is 0 Å². The number of hydrogen-bond donors (Lipinski definition) is 1. The normalized spacial score (nSPS) is 15.9. The minimum atomic E-state index is -0.361. The van der Waals surface area contributed by atoms with Gasteiger partial charge in [-0.05, 0) is 67.3 Å². The molecule has 168 valence electrons. The first-order chi connectivity index (χ1) is 16.1. The number of rotatable bonds is 4. The number of fused-ring (bicyclic) bond motifs is 1. The van der Waals surface area contributed by atoms with Crippen LogP contribution in [0, 0.1) is 11.7 Å². The summed E-state index contributed by atoms with van der Waals surface area (Å²) in [5, 5.41) is 3.14. The molecule has 2 aliphatic rings. The monoisotopic (exact) mass is 443 g/mol. The Morgan fingerprint density at radius 2 is 1.48 bits per heavy atom. The zero-order valence-electron chi connectivity index (χ0n) is 18.3. The molecule has 0 saturated carbocycles. The standard InChI is InChI=1S/C27H26FN3O2/c28-22-11-9-21(10-12-22)27(33)30-16-13-20(14-17-30)26(32)29-23-6-2-4-8-25(23)31-18-15-19-5-1-3-7-24(19)31/h1-12,20H,13-18H2,(H,29,32). The zero-order valence-corrected chi connectivity index (χ0v) is 18.3. The molecule has 0 unspecified atom stereocenters. The maximum absolute atomic E-state index is 13.1. The molecule has 1 N–H and O–H groups in total. The van der Waals surface area contributed by atoms with Crippen LogP contribution in [-0.2, 0) is 11.2 Å². The average Bonchev–Trinajstić information content (AvgIpc) is 3.28. The Labute approximate surface area is 192 Å². The fourth-order valence-corrected chi connectivity index (χ4v) is 4.76. The van der Waals surface area contributed by atoms with E-state index in [-0.39, 0.29) is 23.5 Å². The van der Waals surface area contributed by atoms with Crippen LogP contribution in [-0.4, -0.2) is 36.3 Å². The molecule has 2 amide bonds. The van der Waals surface area contributed by atoms with E-state index >= 15 is 0 Å². The fraction of sp³-hybridized carbons (Fsp3) is 0.259. The van der Waals surface area contributed by atoms with Gasteiger partial charge in [0.15, 0.2) is 0 Å². The Bertz CT molecular complexity index is 1170. The molecule has 2 aliphatic heterocycles. The number of carbonyl (C=O) groups is 2. The Kier molecular flexibility index (Phi) is 5.82. The molecule has 3 aromatic rings. The molecule has 6 heteroatoms. The highest BCUT2D eigenvalue weighted by Gasteiger charge is 2.29. The van der Waals surface area contributed by atoms with Crippen LogP contribution in [0.5, 0.6) is 0 Å². The van der Waals surface area contributed by atoms with Crippen LogP contribution in [0.2, 0.25) is 0 Å². The van der Waals surface area contributed by atoms with Crippen LogP contribution in [0.25, 0.3) is 0 Å². The van der Waals surface area contributed by atoms with Crippen LogP contribution in [0.1, 0.15) is 28.8 Å². The van der Waals surface area contributed by atoms with Gasteiger partial charge in [0.05, 0.1) is 11.4 Å². The molecule has 1 saturated heterocycles. The summed E-state index contributed by atoms with van der Waals surface area (Å²) in [6.45, 7) is 1.90. The van der Waals surface area contributed by atoms with Crippen molar-refractivity contribution in [3.8, 4) is 0 Å². The number of anilines is 3.